The molecule has 0 unspecified atom stereocenters. The molecule has 126 valence electrons. The number of nitrogens with one attached hydrogen (secondary N) is 1. The maximum Gasteiger partial charge on any atom is 0.351 e. The maximum absolute atomic E-state index is 13.1. The van der Waals surface area contributed by atoms with Gasteiger partial charge in [0.2, 0.25) is 5.69 Å². The number of pyridine rings is 1. The molecule has 0 bridgehead atoms. The second-order valence-electron chi connectivity index (χ2n) is 5.08. The van der Waals surface area contributed by atoms with Crippen LogP contribution in [0.15, 0.2) is 58.4 Å². The van der Waals surface area contributed by atoms with Crippen LogP contribution in [-0.2, 0) is 7.05 Å². The van der Waals surface area contributed by atoms with Crippen LogP contribution in [0.25, 0.3) is 5.69 Å². The molecule has 8 nitrogen and oxygen atoms in total. The summed E-state index contributed by atoms with van der Waals surface area (Å²) in [6.45, 7) is 0. The highest BCUT2D eigenvalue weighted by Gasteiger charge is 2.19. The van der Waals surface area contributed by atoms with Crippen molar-refractivity contribution in [2.24, 2.45) is 7.05 Å². The van der Waals surface area contributed by atoms with Crippen LogP contribution in [0.4, 0.5) is 10.1 Å². The average Bonchev–Trinajstić information content (AvgIpc) is 2.62. The molecule has 2 aromatic heterocycles. The lowest BCUT2D eigenvalue weighted by Crippen LogP contribution is -2.43. The number of carbonyl (C=O) groups is 1. The van der Waals surface area contributed by atoms with Gasteiger partial charge in [-0.05, 0) is 36.4 Å². The topological polar surface area (TPSA) is 98.9 Å². The number of benzene rings is 1. The molecule has 9 heteroatoms. The van der Waals surface area contributed by atoms with Gasteiger partial charge in [-0.2, -0.15) is 9.78 Å². The van der Waals surface area contributed by atoms with E-state index in [1.807, 2.05) is 0 Å². The van der Waals surface area contributed by atoms with Crippen molar-refractivity contribution in [2.45, 2.75) is 0 Å². The van der Waals surface area contributed by atoms with Crippen molar-refractivity contribution in [3.63, 3.8) is 0 Å². The Morgan fingerprint density at radius 2 is 1.88 bits per heavy atom. The molecule has 1 amide bonds. The standard InChI is InChI=1S/C16H12FN5O3/c1-21-15(24)13(14(23)19-11-3-2-8-18-9-11)20-22(16(21)25)12-6-4-10(17)5-7-12/h2-9H,1H3,(H,19,23). The van der Waals surface area contributed by atoms with Crippen LogP contribution in [0.1, 0.15) is 10.5 Å². The van der Waals surface area contributed by atoms with Crippen LogP contribution >= 0.6 is 0 Å². The van der Waals surface area contributed by atoms with E-state index in [4.69, 9.17) is 0 Å². The molecule has 0 aliphatic carbocycles. The van der Waals surface area contributed by atoms with Crippen molar-refractivity contribution in [3.8, 4) is 5.69 Å². The molecule has 3 rings (SSSR count). The minimum atomic E-state index is -0.843. The fourth-order valence-corrected chi connectivity index (χ4v) is 2.09. The summed E-state index contributed by atoms with van der Waals surface area (Å²) in [5.41, 5.74) is -1.48. The zero-order valence-corrected chi connectivity index (χ0v) is 13.0. The Hall–Kier alpha value is -3.62. The fourth-order valence-electron chi connectivity index (χ4n) is 2.09. The predicted octanol–water partition coefficient (Wildman–Crippen LogP) is 0.718. The van der Waals surface area contributed by atoms with Gasteiger partial charge in [-0.15, -0.1) is 0 Å². The Morgan fingerprint density at radius 1 is 1.16 bits per heavy atom. The molecule has 2 heterocycles. The van der Waals surface area contributed by atoms with Crippen molar-refractivity contribution < 1.29 is 9.18 Å². The van der Waals surface area contributed by atoms with Gasteiger partial charge in [0.05, 0.1) is 17.6 Å². The van der Waals surface area contributed by atoms with Gasteiger partial charge in [0.15, 0.2) is 0 Å². The minimum absolute atomic E-state index is 0.220. The van der Waals surface area contributed by atoms with Gasteiger partial charge in [0.1, 0.15) is 5.82 Å². The van der Waals surface area contributed by atoms with E-state index in [1.54, 1.807) is 12.1 Å². The van der Waals surface area contributed by atoms with Gasteiger partial charge in [-0.1, -0.05) is 0 Å². The van der Waals surface area contributed by atoms with Crippen molar-refractivity contribution in [1.82, 2.24) is 19.3 Å². The lowest BCUT2D eigenvalue weighted by atomic mass is 10.3. The Labute approximate surface area is 140 Å². The third-order valence-electron chi connectivity index (χ3n) is 3.38. The molecule has 3 aromatic rings. The second-order valence-corrected chi connectivity index (χ2v) is 5.08. The smallest absolute Gasteiger partial charge is 0.319 e. The number of nitrogens with zero attached hydrogens (tertiary/aromatic N) is 4. The Morgan fingerprint density at radius 3 is 2.52 bits per heavy atom. The lowest BCUT2D eigenvalue weighted by Gasteiger charge is -2.09. The summed E-state index contributed by atoms with van der Waals surface area (Å²) < 4.78 is 14.7. The van der Waals surface area contributed by atoms with Crippen molar-refractivity contribution >= 4 is 11.6 Å². The molecule has 0 atom stereocenters. The van der Waals surface area contributed by atoms with Gasteiger partial charge >= 0.3 is 5.69 Å². The van der Waals surface area contributed by atoms with Gasteiger partial charge in [-0.25, -0.2) is 9.18 Å². The molecule has 0 saturated heterocycles. The molecule has 0 radical (unpaired) electrons. The van der Waals surface area contributed by atoms with Crippen LogP contribution in [0.5, 0.6) is 0 Å². The number of anilines is 1. The molecule has 0 saturated carbocycles. The largest absolute Gasteiger partial charge is 0.351 e. The summed E-state index contributed by atoms with van der Waals surface area (Å²) in [6, 6.07) is 8.12. The SMILES string of the molecule is Cn1c(=O)c(C(=O)Nc2cccnc2)nn(-c2ccc(F)cc2)c1=O. The molecule has 1 N–H and O–H groups in total. The van der Waals surface area contributed by atoms with Crippen LogP contribution < -0.4 is 16.6 Å². The molecular weight excluding hydrogens is 329 g/mol. The summed E-state index contributed by atoms with van der Waals surface area (Å²) in [5, 5.41) is 6.33. The van der Waals surface area contributed by atoms with E-state index in [1.165, 1.54) is 31.6 Å². The first-order valence-electron chi connectivity index (χ1n) is 7.15. The number of halogens is 1. The molecule has 0 aliphatic heterocycles. The third-order valence-corrected chi connectivity index (χ3v) is 3.38. The molecular formula is C16H12FN5O3. The Balaban J connectivity index is 2.08. The fraction of sp³-hybridized carbons (Fsp3) is 0.0625. The number of hydrogen-bond acceptors (Lipinski definition) is 5. The third kappa shape index (κ3) is 3.20. The summed E-state index contributed by atoms with van der Waals surface area (Å²) in [7, 11) is 1.23. The zero-order valence-electron chi connectivity index (χ0n) is 13.0. The van der Waals surface area contributed by atoms with Gasteiger partial charge in [0.25, 0.3) is 11.5 Å². The highest BCUT2D eigenvalue weighted by atomic mass is 19.1. The van der Waals surface area contributed by atoms with E-state index in [-0.39, 0.29) is 5.69 Å². The summed E-state index contributed by atoms with van der Waals surface area (Å²) in [6.07, 6.45) is 2.93. The first kappa shape index (κ1) is 16.2. The van der Waals surface area contributed by atoms with Crippen LogP contribution in [0.3, 0.4) is 0 Å². The summed E-state index contributed by atoms with van der Waals surface area (Å²) in [4.78, 5) is 40.6. The van der Waals surface area contributed by atoms with Crippen molar-refractivity contribution in [1.29, 1.82) is 0 Å². The van der Waals surface area contributed by atoms with Gasteiger partial charge in [0, 0.05) is 13.2 Å². The van der Waals surface area contributed by atoms with Crippen LogP contribution in [0.2, 0.25) is 0 Å². The van der Waals surface area contributed by atoms with Gasteiger partial charge < -0.3 is 5.32 Å². The van der Waals surface area contributed by atoms with Gasteiger partial charge in [-0.3, -0.25) is 19.1 Å². The predicted molar refractivity (Wildman–Crippen MR) is 87.2 cm³/mol. The zero-order chi connectivity index (χ0) is 18.0. The number of aromatic nitrogens is 4. The minimum Gasteiger partial charge on any atom is -0.319 e. The van der Waals surface area contributed by atoms with E-state index in [2.05, 4.69) is 15.4 Å². The normalized spacial score (nSPS) is 10.5. The molecule has 25 heavy (non-hydrogen) atoms. The van der Waals surface area contributed by atoms with Crippen LogP contribution in [0, 0.1) is 5.82 Å². The average molecular weight is 341 g/mol. The number of hydrogen-bond donors (Lipinski definition) is 1. The Bertz CT molecular complexity index is 1040. The number of rotatable bonds is 3. The number of carbonyl (C=O) groups excluding carboxylic acids is 1. The van der Waals surface area contributed by atoms with E-state index in [9.17, 15) is 18.8 Å². The van der Waals surface area contributed by atoms with E-state index in [0.717, 1.165) is 21.4 Å². The summed E-state index contributed by atoms with van der Waals surface area (Å²) >= 11 is 0. The summed E-state index contributed by atoms with van der Waals surface area (Å²) in [5.74, 6) is -1.28. The first-order valence-corrected chi connectivity index (χ1v) is 7.15. The van der Waals surface area contributed by atoms with Crippen LogP contribution in [-0.4, -0.2) is 25.2 Å². The monoisotopic (exact) mass is 341 g/mol. The van der Waals surface area contributed by atoms with Crippen molar-refractivity contribution in [2.75, 3.05) is 5.32 Å². The first-order chi connectivity index (χ1) is 12.0. The molecule has 0 aliphatic rings. The van der Waals surface area contributed by atoms with E-state index >= 15 is 0 Å². The quantitative estimate of drug-likeness (QED) is 0.757. The highest BCUT2D eigenvalue weighted by Crippen LogP contribution is 2.06. The van der Waals surface area contributed by atoms with E-state index in [0.29, 0.717) is 5.69 Å². The van der Waals surface area contributed by atoms with E-state index < -0.39 is 28.7 Å². The lowest BCUT2D eigenvalue weighted by molar-refractivity contribution is 0.101. The molecule has 1 aromatic carbocycles. The molecule has 0 fully saturated rings. The Kier molecular flexibility index (Phi) is 4.21. The highest BCUT2D eigenvalue weighted by molar-refractivity contribution is 6.02. The maximum atomic E-state index is 13.1. The molecule has 0 spiro atoms. The van der Waals surface area contributed by atoms with Crippen molar-refractivity contribution in [3.05, 3.63) is 81.1 Å². The number of amides is 1. The second kappa shape index (κ2) is 6.48.